The van der Waals surface area contributed by atoms with Crippen molar-refractivity contribution in [2.75, 3.05) is 30.3 Å². The lowest BCUT2D eigenvalue weighted by Gasteiger charge is -2.24. The van der Waals surface area contributed by atoms with E-state index in [0.29, 0.717) is 46.7 Å². The summed E-state index contributed by atoms with van der Waals surface area (Å²) in [5.74, 6) is -0.541. The maximum Gasteiger partial charge on any atom is 0.333 e. The number of carbonyl (C=O) groups is 3. The summed E-state index contributed by atoms with van der Waals surface area (Å²) in [6, 6.07) is 11.0. The van der Waals surface area contributed by atoms with Gasteiger partial charge in [0.15, 0.2) is 11.6 Å². The fourth-order valence-corrected chi connectivity index (χ4v) is 6.51. The summed E-state index contributed by atoms with van der Waals surface area (Å²) in [4.78, 5) is 38.9. The summed E-state index contributed by atoms with van der Waals surface area (Å²) in [7, 11) is 0. The summed E-state index contributed by atoms with van der Waals surface area (Å²) in [5, 5.41) is 6.93. The van der Waals surface area contributed by atoms with Gasteiger partial charge in [0, 0.05) is 41.2 Å². The van der Waals surface area contributed by atoms with Crippen LogP contribution in [0, 0.1) is 0 Å². The van der Waals surface area contributed by atoms with Gasteiger partial charge in [-0.1, -0.05) is 141 Å². The highest BCUT2D eigenvalue weighted by atomic mass is 16.5. The van der Waals surface area contributed by atoms with E-state index >= 15 is 0 Å². The van der Waals surface area contributed by atoms with Crippen molar-refractivity contribution in [1.82, 2.24) is 0 Å². The molecule has 0 heterocycles. The molecular formula is C42H62N2O4. The van der Waals surface area contributed by atoms with Crippen molar-refractivity contribution in [3.05, 3.63) is 70.8 Å². The minimum absolute atomic E-state index is 0.0948. The minimum Gasteiger partial charge on any atom is -0.462 e. The number of hydrogen-bond acceptors (Lipinski definition) is 6. The van der Waals surface area contributed by atoms with Gasteiger partial charge in [0.05, 0.1) is 17.7 Å². The Hall–Kier alpha value is -3.41. The van der Waals surface area contributed by atoms with Crippen LogP contribution in [0.1, 0.15) is 174 Å². The van der Waals surface area contributed by atoms with Gasteiger partial charge in [-0.25, -0.2) is 4.79 Å². The normalized spacial score (nSPS) is 12.0. The van der Waals surface area contributed by atoms with E-state index in [1.54, 1.807) is 19.1 Å². The van der Waals surface area contributed by atoms with Gasteiger partial charge in [0.1, 0.15) is 0 Å². The van der Waals surface area contributed by atoms with E-state index in [-0.39, 0.29) is 17.5 Å². The second-order valence-electron chi connectivity index (χ2n) is 13.6. The molecule has 6 nitrogen and oxygen atoms in total. The molecule has 2 aromatic carbocycles. The Morgan fingerprint density at radius 2 is 0.958 bits per heavy atom. The molecule has 0 amide bonds. The topological polar surface area (TPSA) is 84.5 Å². The van der Waals surface area contributed by atoms with Crippen LogP contribution in [0.25, 0.3) is 0 Å². The number of hydrogen-bond donors (Lipinski definition) is 2. The molecular weight excluding hydrogens is 596 g/mol. The molecule has 2 N–H and O–H groups in total. The standard InChI is InChI=1S/C42H62N2O4/c1-4-5-6-7-8-9-10-11-12-13-14-15-16-17-18-23-30-43-36-28-29-37(44-31-24-19-20-25-32-48-42(47)33(2)3)39-38(36)40(45)34-26-21-22-27-35(34)41(39)46/h21-22,26-29,43-44H,2,4-20,23-25,30-32H2,1,3H3. The molecule has 2 aromatic rings. The van der Waals surface area contributed by atoms with E-state index in [2.05, 4.69) is 24.1 Å². The Balaban J connectivity index is 1.39. The summed E-state index contributed by atoms with van der Waals surface area (Å²) < 4.78 is 5.16. The number of nitrogens with one attached hydrogen (secondary N) is 2. The van der Waals surface area contributed by atoms with Crippen molar-refractivity contribution in [2.45, 2.75) is 142 Å². The highest BCUT2D eigenvalue weighted by molar-refractivity contribution is 6.31. The van der Waals surface area contributed by atoms with E-state index in [1.165, 1.54) is 96.3 Å². The fourth-order valence-electron chi connectivity index (χ4n) is 6.51. The van der Waals surface area contributed by atoms with Gasteiger partial charge in [-0.3, -0.25) is 9.59 Å². The molecule has 0 fully saturated rings. The summed E-state index contributed by atoms with van der Waals surface area (Å²) in [6.07, 6.45) is 25.0. The van der Waals surface area contributed by atoms with Gasteiger partial charge in [0.25, 0.3) is 0 Å². The Labute approximate surface area is 290 Å². The summed E-state index contributed by atoms with van der Waals surface area (Å²) in [5.41, 5.74) is 3.78. The number of ether oxygens (including phenoxy) is 1. The first kappa shape index (κ1) is 39.0. The largest absolute Gasteiger partial charge is 0.462 e. The van der Waals surface area contributed by atoms with E-state index < -0.39 is 0 Å². The predicted molar refractivity (Wildman–Crippen MR) is 201 cm³/mol. The molecule has 1 aliphatic rings. The average Bonchev–Trinajstić information content (AvgIpc) is 3.09. The number of esters is 1. The molecule has 0 atom stereocenters. The first-order chi connectivity index (χ1) is 23.5. The third kappa shape index (κ3) is 13.2. The maximum atomic E-state index is 13.7. The molecule has 0 saturated heterocycles. The Morgan fingerprint density at radius 1 is 0.583 bits per heavy atom. The third-order valence-electron chi connectivity index (χ3n) is 9.39. The molecule has 0 aromatic heterocycles. The van der Waals surface area contributed by atoms with Crippen LogP contribution < -0.4 is 10.6 Å². The quantitative estimate of drug-likeness (QED) is 0.0482. The average molecular weight is 659 g/mol. The molecule has 0 spiro atoms. The number of benzene rings is 2. The zero-order valence-electron chi connectivity index (χ0n) is 30.1. The minimum atomic E-state index is -0.342. The van der Waals surface area contributed by atoms with E-state index in [0.717, 1.165) is 44.3 Å². The van der Waals surface area contributed by atoms with Gasteiger partial charge in [-0.05, 0) is 44.7 Å². The zero-order valence-corrected chi connectivity index (χ0v) is 30.1. The van der Waals surface area contributed by atoms with Gasteiger partial charge >= 0.3 is 5.97 Å². The van der Waals surface area contributed by atoms with Gasteiger partial charge in [-0.15, -0.1) is 0 Å². The van der Waals surface area contributed by atoms with Crippen molar-refractivity contribution < 1.29 is 19.1 Å². The maximum absolute atomic E-state index is 13.7. The van der Waals surface area contributed by atoms with Gasteiger partial charge < -0.3 is 15.4 Å². The number of ketones is 2. The number of carbonyl (C=O) groups excluding carboxylic acids is 3. The van der Waals surface area contributed by atoms with E-state index in [9.17, 15) is 14.4 Å². The first-order valence-corrected chi connectivity index (χ1v) is 19.1. The second-order valence-corrected chi connectivity index (χ2v) is 13.6. The van der Waals surface area contributed by atoms with Crippen LogP contribution in [0.3, 0.4) is 0 Å². The molecule has 0 radical (unpaired) electrons. The van der Waals surface area contributed by atoms with Crippen LogP contribution in [0.5, 0.6) is 0 Å². The number of anilines is 2. The van der Waals surface area contributed by atoms with Crippen LogP contribution in [0.4, 0.5) is 11.4 Å². The Morgan fingerprint density at radius 3 is 1.35 bits per heavy atom. The molecule has 0 aliphatic heterocycles. The van der Waals surface area contributed by atoms with Gasteiger partial charge in [-0.2, -0.15) is 0 Å². The van der Waals surface area contributed by atoms with E-state index in [4.69, 9.17) is 4.74 Å². The summed E-state index contributed by atoms with van der Waals surface area (Å²) in [6.45, 7) is 9.39. The number of unbranched alkanes of at least 4 members (excludes halogenated alkanes) is 18. The highest BCUT2D eigenvalue weighted by Gasteiger charge is 2.33. The fraction of sp³-hybridized carbons (Fsp3) is 0.595. The molecule has 0 unspecified atom stereocenters. The van der Waals surface area contributed by atoms with Crippen molar-refractivity contribution in [2.24, 2.45) is 0 Å². The smallest absolute Gasteiger partial charge is 0.333 e. The lowest BCUT2D eigenvalue weighted by atomic mass is 9.82. The molecule has 3 rings (SSSR count). The van der Waals surface area contributed by atoms with Crippen LogP contribution in [-0.4, -0.2) is 37.2 Å². The van der Waals surface area contributed by atoms with Crippen LogP contribution in [0.15, 0.2) is 48.6 Å². The number of fused-ring (bicyclic) bond motifs is 2. The Kier molecular flexibility index (Phi) is 18.7. The monoisotopic (exact) mass is 658 g/mol. The predicted octanol–water partition coefficient (Wildman–Crippen LogP) is 11.2. The lowest BCUT2D eigenvalue weighted by molar-refractivity contribution is -0.139. The lowest BCUT2D eigenvalue weighted by Crippen LogP contribution is -2.24. The molecule has 6 heteroatoms. The Bertz CT molecular complexity index is 1300. The summed E-state index contributed by atoms with van der Waals surface area (Å²) >= 11 is 0. The molecule has 0 bridgehead atoms. The van der Waals surface area contributed by atoms with Crippen molar-refractivity contribution in [3.63, 3.8) is 0 Å². The molecule has 1 aliphatic carbocycles. The second kappa shape index (κ2) is 23.0. The van der Waals surface area contributed by atoms with Crippen molar-refractivity contribution in [1.29, 1.82) is 0 Å². The van der Waals surface area contributed by atoms with Gasteiger partial charge in [0.2, 0.25) is 0 Å². The van der Waals surface area contributed by atoms with Crippen LogP contribution in [-0.2, 0) is 9.53 Å². The SMILES string of the molecule is C=C(C)C(=O)OCCCCCCNc1ccc(NCCCCCCCCCCCCCCCCCC)c2c1C(=O)c1ccccc1C2=O. The molecule has 48 heavy (non-hydrogen) atoms. The van der Waals surface area contributed by atoms with Crippen LogP contribution in [0.2, 0.25) is 0 Å². The molecule has 264 valence electrons. The third-order valence-corrected chi connectivity index (χ3v) is 9.39. The van der Waals surface area contributed by atoms with E-state index in [1.807, 2.05) is 24.3 Å². The highest BCUT2D eigenvalue weighted by Crippen LogP contribution is 2.36. The molecule has 0 saturated carbocycles. The van der Waals surface area contributed by atoms with Crippen molar-refractivity contribution in [3.8, 4) is 0 Å². The number of rotatable bonds is 27. The zero-order chi connectivity index (χ0) is 34.4. The van der Waals surface area contributed by atoms with Crippen molar-refractivity contribution >= 4 is 28.9 Å². The van der Waals surface area contributed by atoms with Crippen LogP contribution >= 0.6 is 0 Å². The first-order valence-electron chi connectivity index (χ1n) is 19.1.